The molecule has 0 amide bonds. The van der Waals surface area contributed by atoms with Crippen molar-refractivity contribution in [2.24, 2.45) is 5.16 Å². The smallest absolute Gasteiger partial charge is 0.205 e. The van der Waals surface area contributed by atoms with Gasteiger partial charge in [0.25, 0.3) is 0 Å². The van der Waals surface area contributed by atoms with E-state index < -0.39 is 0 Å². The first kappa shape index (κ1) is 9.36. The Hall–Kier alpha value is -0.730. The Bertz CT molecular complexity index is 187. The van der Waals surface area contributed by atoms with E-state index in [1.165, 1.54) is 12.8 Å². The van der Waals surface area contributed by atoms with Crippen LogP contribution >= 0.6 is 0 Å². The van der Waals surface area contributed by atoms with E-state index in [1.54, 1.807) is 0 Å². The van der Waals surface area contributed by atoms with Crippen molar-refractivity contribution in [3.8, 4) is 0 Å². The van der Waals surface area contributed by atoms with Crippen molar-refractivity contribution in [1.82, 2.24) is 4.90 Å². The minimum Gasteiger partial charge on any atom is -0.366 e. The zero-order valence-electron chi connectivity index (χ0n) is 8.42. The van der Waals surface area contributed by atoms with Crippen molar-refractivity contribution in [3.05, 3.63) is 0 Å². The van der Waals surface area contributed by atoms with Crippen LogP contribution in [0.25, 0.3) is 0 Å². The standard InChI is InChI=1S/C9H18N2O/c1-5-6-7-11-8(2)10-12-9(11,3)4/h5-7H2,1-4H3. The van der Waals surface area contributed by atoms with Gasteiger partial charge in [-0.15, -0.1) is 0 Å². The quantitative estimate of drug-likeness (QED) is 0.648. The first-order valence-electron chi connectivity index (χ1n) is 4.58. The lowest BCUT2D eigenvalue weighted by atomic mass is 10.2. The Morgan fingerprint density at radius 1 is 1.50 bits per heavy atom. The third-order valence-corrected chi connectivity index (χ3v) is 2.18. The molecular weight excluding hydrogens is 152 g/mol. The summed E-state index contributed by atoms with van der Waals surface area (Å²) >= 11 is 0. The Kier molecular flexibility index (Phi) is 2.60. The minimum absolute atomic E-state index is 0.237. The average molecular weight is 170 g/mol. The fraction of sp³-hybridized carbons (Fsp3) is 0.889. The molecule has 0 unspecified atom stereocenters. The average Bonchev–Trinajstić information content (AvgIpc) is 2.24. The van der Waals surface area contributed by atoms with Crippen LogP contribution in [0, 0.1) is 0 Å². The van der Waals surface area contributed by atoms with E-state index in [-0.39, 0.29) is 5.72 Å². The van der Waals surface area contributed by atoms with Gasteiger partial charge in [0.2, 0.25) is 5.72 Å². The van der Waals surface area contributed by atoms with Crippen molar-refractivity contribution in [1.29, 1.82) is 0 Å². The molecule has 1 heterocycles. The molecule has 70 valence electrons. The molecule has 3 heteroatoms. The van der Waals surface area contributed by atoms with Crippen molar-refractivity contribution < 1.29 is 4.84 Å². The lowest BCUT2D eigenvalue weighted by Crippen LogP contribution is -2.43. The van der Waals surface area contributed by atoms with Gasteiger partial charge >= 0.3 is 0 Å². The molecule has 0 radical (unpaired) electrons. The molecule has 1 rings (SSSR count). The monoisotopic (exact) mass is 170 g/mol. The Labute approximate surface area is 74.4 Å². The lowest BCUT2D eigenvalue weighted by molar-refractivity contribution is -0.0687. The normalized spacial score (nSPS) is 20.7. The zero-order chi connectivity index (χ0) is 9.19. The van der Waals surface area contributed by atoms with Gasteiger partial charge < -0.3 is 9.74 Å². The number of rotatable bonds is 3. The molecule has 0 spiro atoms. The van der Waals surface area contributed by atoms with Gasteiger partial charge in [-0.3, -0.25) is 0 Å². The summed E-state index contributed by atoms with van der Waals surface area (Å²) in [5.41, 5.74) is -0.237. The second-order valence-corrected chi connectivity index (χ2v) is 3.68. The van der Waals surface area contributed by atoms with Crippen molar-refractivity contribution >= 4 is 5.84 Å². The molecule has 0 fully saturated rings. The highest BCUT2D eigenvalue weighted by Crippen LogP contribution is 2.23. The molecule has 0 saturated carbocycles. The highest BCUT2D eigenvalue weighted by molar-refractivity contribution is 5.80. The van der Waals surface area contributed by atoms with Crippen LogP contribution in [0.15, 0.2) is 5.16 Å². The summed E-state index contributed by atoms with van der Waals surface area (Å²) in [6.45, 7) is 9.31. The van der Waals surface area contributed by atoms with Gasteiger partial charge in [0, 0.05) is 6.54 Å². The van der Waals surface area contributed by atoms with Gasteiger partial charge in [-0.25, -0.2) is 0 Å². The molecule has 0 aromatic carbocycles. The molecule has 0 N–H and O–H groups in total. The second-order valence-electron chi connectivity index (χ2n) is 3.68. The van der Waals surface area contributed by atoms with Crippen molar-refractivity contribution in [2.75, 3.05) is 6.54 Å². The fourth-order valence-corrected chi connectivity index (χ4v) is 1.41. The van der Waals surface area contributed by atoms with E-state index in [4.69, 9.17) is 4.84 Å². The molecule has 0 aromatic rings. The highest BCUT2D eigenvalue weighted by atomic mass is 16.7. The molecule has 1 aliphatic heterocycles. The molecule has 12 heavy (non-hydrogen) atoms. The number of oxime groups is 1. The summed E-state index contributed by atoms with van der Waals surface area (Å²) in [5, 5.41) is 3.97. The summed E-state index contributed by atoms with van der Waals surface area (Å²) < 4.78 is 0. The predicted octanol–water partition coefficient (Wildman–Crippen LogP) is 2.19. The minimum atomic E-state index is -0.237. The van der Waals surface area contributed by atoms with Crippen molar-refractivity contribution in [2.45, 2.75) is 46.3 Å². The van der Waals surface area contributed by atoms with Gasteiger partial charge in [-0.2, -0.15) is 0 Å². The maximum absolute atomic E-state index is 5.28. The van der Waals surface area contributed by atoms with Gasteiger partial charge in [-0.05, 0) is 27.2 Å². The Morgan fingerprint density at radius 2 is 2.17 bits per heavy atom. The highest BCUT2D eigenvalue weighted by Gasteiger charge is 2.34. The van der Waals surface area contributed by atoms with E-state index in [0.29, 0.717) is 0 Å². The van der Waals surface area contributed by atoms with Gasteiger partial charge in [-0.1, -0.05) is 18.5 Å². The van der Waals surface area contributed by atoms with E-state index in [0.717, 1.165) is 12.4 Å². The van der Waals surface area contributed by atoms with Gasteiger partial charge in [0.15, 0.2) is 0 Å². The van der Waals surface area contributed by atoms with Crippen molar-refractivity contribution in [3.63, 3.8) is 0 Å². The van der Waals surface area contributed by atoms with E-state index in [2.05, 4.69) is 17.0 Å². The molecule has 0 atom stereocenters. The van der Waals surface area contributed by atoms with Crippen LogP contribution in [0.2, 0.25) is 0 Å². The SMILES string of the molecule is CCCCN1C(C)=NOC1(C)C. The van der Waals surface area contributed by atoms with Crippen LogP contribution in [-0.2, 0) is 4.84 Å². The Balaban J connectivity index is 2.53. The van der Waals surface area contributed by atoms with Gasteiger partial charge in [0.05, 0.1) is 0 Å². The van der Waals surface area contributed by atoms with Crippen LogP contribution in [0.5, 0.6) is 0 Å². The molecule has 0 aliphatic carbocycles. The summed E-state index contributed by atoms with van der Waals surface area (Å²) in [7, 11) is 0. The molecule has 0 bridgehead atoms. The molecule has 0 aromatic heterocycles. The number of unbranched alkanes of at least 4 members (excludes halogenated alkanes) is 1. The number of amidine groups is 1. The van der Waals surface area contributed by atoms with Crippen LogP contribution in [-0.4, -0.2) is 23.0 Å². The fourth-order valence-electron chi connectivity index (χ4n) is 1.41. The summed E-state index contributed by atoms with van der Waals surface area (Å²) in [5.74, 6) is 0.994. The first-order valence-corrected chi connectivity index (χ1v) is 4.58. The van der Waals surface area contributed by atoms with Gasteiger partial charge in [0.1, 0.15) is 5.84 Å². The lowest BCUT2D eigenvalue weighted by Gasteiger charge is -2.30. The molecular formula is C9H18N2O. The van der Waals surface area contributed by atoms with Crippen LogP contribution < -0.4 is 0 Å². The Morgan fingerprint density at radius 3 is 2.58 bits per heavy atom. The van der Waals surface area contributed by atoms with E-state index >= 15 is 0 Å². The number of hydrogen-bond acceptors (Lipinski definition) is 3. The van der Waals surface area contributed by atoms with E-state index in [1.807, 2.05) is 20.8 Å². The largest absolute Gasteiger partial charge is 0.366 e. The van der Waals surface area contributed by atoms with E-state index in [9.17, 15) is 0 Å². The third kappa shape index (κ3) is 1.71. The molecule has 1 aliphatic rings. The number of nitrogens with zero attached hydrogens (tertiary/aromatic N) is 2. The maximum atomic E-state index is 5.28. The summed E-state index contributed by atoms with van der Waals surface area (Å²) in [6, 6.07) is 0. The maximum Gasteiger partial charge on any atom is 0.205 e. The molecule has 0 saturated heterocycles. The van der Waals surface area contributed by atoms with Crippen LogP contribution in [0.1, 0.15) is 40.5 Å². The summed E-state index contributed by atoms with van der Waals surface area (Å²) in [6.07, 6.45) is 2.40. The summed E-state index contributed by atoms with van der Waals surface area (Å²) in [4.78, 5) is 7.48. The third-order valence-electron chi connectivity index (χ3n) is 2.18. The first-order chi connectivity index (χ1) is 5.58. The second kappa shape index (κ2) is 3.33. The van der Waals surface area contributed by atoms with Crippen LogP contribution in [0.3, 0.4) is 0 Å². The number of hydrogen-bond donors (Lipinski definition) is 0. The predicted molar refractivity (Wildman–Crippen MR) is 49.9 cm³/mol. The van der Waals surface area contributed by atoms with Crippen LogP contribution in [0.4, 0.5) is 0 Å². The molecule has 3 nitrogen and oxygen atoms in total. The topological polar surface area (TPSA) is 24.8 Å². The zero-order valence-corrected chi connectivity index (χ0v) is 8.42.